The van der Waals surface area contributed by atoms with E-state index >= 15 is 0 Å². The average Bonchev–Trinajstić information content (AvgIpc) is 2.65. The second-order valence-corrected chi connectivity index (χ2v) is 4.22. The summed E-state index contributed by atoms with van der Waals surface area (Å²) >= 11 is 0. The molecule has 1 aromatic rings. The van der Waals surface area contributed by atoms with Crippen LogP contribution in [0.1, 0.15) is 18.5 Å². The van der Waals surface area contributed by atoms with Crippen LogP contribution in [0.3, 0.4) is 0 Å². The molecule has 5 heteroatoms. The van der Waals surface area contributed by atoms with Crippen molar-refractivity contribution in [2.45, 2.75) is 25.4 Å². The number of aromatic nitrogens is 3. The molecule has 0 amide bonds. The molecule has 15 heavy (non-hydrogen) atoms. The molecule has 1 aliphatic heterocycles. The Hall–Kier alpha value is -0.940. The van der Waals surface area contributed by atoms with Crippen LogP contribution in [0.4, 0.5) is 0 Å². The summed E-state index contributed by atoms with van der Waals surface area (Å²) in [5.41, 5.74) is 1.07. The topological polar surface area (TPSA) is 46.0 Å². The monoisotopic (exact) mass is 209 g/mol. The van der Waals surface area contributed by atoms with Gasteiger partial charge in [0.25, 0.3) is 0 Å². The number of aryl methyl sites for hydroxylation is 1. The Morgan fingerprint density at radius 3 is 2.73 bits per heavy atom. The molecule has 1 aliphatic rings. The fourth-order valence-electron chi connectivity index (χ4n) is 2.08. The minimum atomic E-state index is 0.697. The third kappa shape index (κ3) is 2.76. The van der Waals surface area contributed by atoms with Gasteiger partial charge >= 0.3 is 0 Å². The van der Waals surface area contributed by atoms with Gasteiger partial charge in [0.05, 0.1) is 5.69 Å². The molecule has 2 rings (SSSR count). The summed E-state index contributed by atoms with van der Waals surface area (Å²) in [5.74, 6) is 0. The number of nitrogens with zero attached hydrogens (tertiary/aromatic N) is 4. The van der Waals surface area contributed by atoms with Crippen molar-refractivity contribution in [1.82, 2.24) is 25.2 Å². The highest BCUT2D eigenvalue weighted by Crippen LogP contribution is 2.11. The maximum absolute atomic E-state index is 4.10. The molecule has 0 saturated carbocycles. The van der Waals surface area contributed by atoms with E-state index in [-0.39, 0.29) is 0 Å². The molecule has 0 unspecified atom stereocenters. The van der Waals surface area contributed by atoms with Crippen molar-refractivity contribution in [2.75, 3.05) is 20.1 Å². The molecular formula is C10H19N5. The van der Waals surface area contributed by atoms with Gasteiger partial charge in [-0.2, -0.15) is 0 Å². The third-order valence-corrected chi connectivity index (χ3v) is 3.03. The van der Waals surface area contributed by atoms with Crippen molar-refractivity contribution in [2.24, 2.45) is 7.05 Å². The lowest BCUT2D eigenvalue weighted by Crippen LogP contribution is -2.40. The zero-order valence-electron chi connectivity index (χ0n) is 9.48. The summed E-state index contributed by atoms with van der Waals surface area (Å²) in [6, 6.07) is 0.697. The van der Waals surface area contributed by atoms with Crippen molar-refractivity contribution < 1.29 is 0 Å². The molecule has 0 aromatic carbocycles. The highest BCUT2D eigenvalue weighted by Gasteiger charge is 2.18. The smallest absolute Gasteiger partial charge is 0.0966 e. The second kappa shape index (κ2) is 4.72. The van der Waals surface area contributed by atoms with E-state index in [4.69, 9.17) is 0 Å². The van der Waals surface area contributed by atoms with E-state index in [9.17, 15) is 0 Å². The van der Waals surface area contributed by atoms with Crippen LogP contribution in [0.25, 0.3) is 0 Å². The molecule has 0 radical (unpaired) electrons. The minimum absolute atomic E-state index is 0.697. The van der Waals surface area contributed by atoms with Crippen LogP contribution in [-0.2, 0) is 13.6 Å². The summed E-state index contributed by atoms with van der Waals surface area (Å²) in [6.07, 6.45) is 4.46. The maximum atomic E-state index is 4.10. The third-order valence-electron chi connectivity index (χ3n) is 3.03. The van der Waals surface area contributed by atoms with E-state index in [1.54, 1.807) is 4.68 Å². The Balaban J connectivity index is 1.82. The number of rotatable bonds is 3. The molecule has 0 bridgehead atoms. The molecule has 1 aromatic heterocycles. The summed E-state index contributed by atoms with van der Waals surface area (Å²) in [7, 11) is 3.95. The molecule has 0 atom stereocenters. The van der Waals surface area contributed by atoms with Gasteiger partial charge in [-0.3, -0.25) is 9.58 Å². The highest BCUT2D eigenvalue weighted by molar-refractivity contribution is 4.92. The first-order chi connectivity index (χ1) is 7.28. The summed E-state index contributed by atoms with van der Waals surface area (Å²) in [5, 5.41) is 11.4. The van der Waals surface area contributed by atoms with Crippen LogP contribution in [0, 0.1) is 0 Å². The van der Waals surface area contributed by atoms with Gasteiger partial charge in [-0.05, 0) is 19.9 Å². The largest absolute Gasteiger partial charge is 0.317 e. The number of nitrogens with one attached hydrogen (secondary N) is 1. The molecule has 2 heterocycles. The van der Waals surface area contributed by atoms with Gasteiger partial charge in [-0.15, -0.1) is 5.10 Å². The number of hydrogen-bond acceptors (Lipinski definition) is 4. The molecule has 5 nitrogen and oxygen atoms in total. The first-order valence-corrected chi connectivity index (χ1v) is 5.53. The average molecular weight is 209 g/mol. The SMILES string of the molecule is CNC1CCN(Cc2cn(C)nn2)CC1. The van der Waals surface area contributed by atoms with Crippen molar-refractivity contribution in [3.63, 3.8) is 0 Å². The molecule has 0 spiro atoms. The van der Waals surface area contributed by atoms with Crippen LogP contribution >= 0.6 is 0 Å². The Morgan fingerprint density at radius 2 is 2.20 bits per heavy atom. The van der Waals surface area contributed by atoms with Crippen molar-refractivity contribution in [3.05, 3.63) is 11.9 Å². The zero-order chi connectivity index (χ0) is 10.7. The molecule has 84 valence electrons. The van der Waals surface area contributed by atoms with E-state index in [1.807, 2.05) is 20.3 Å². The Labute approximate surface area is 90.5 Å². The Morgan fingerprint density at radius 1 is 1.47 bits per heavy atom. The van der Waals surface area contributed by atoms with Gasteiger partial charge in [0.15, 0.2) is 0 Å². The van der Waals surface area contributed by atoms with Gasteiger partial charge in [0.1, 0.15) is 0 Å². The number of likely N-dealkylation sites (tertiary alicyclic amines) is 1. The quantitative estimate of drug-likeness (QED) is 0.761. The lowest BCUT2D eigenvalue weighted by molar-refractivity contribution is 0.192. The van der Waals surface area contributed by atoms with E-state index in [0.29, 0.717) is 6.04 Å². The Bertz CT molecular complexity index is 301. The second-order valence-electron chi connectivity index (χ2n) is 4.22. The van der Waals surface area contributed by atoms with Crippen LogP contribution < -0.4 is 5.32 Å². The molecular weight excluding hydrogens is 190 g/mol. The first-order valence-electron chi connectivity index (χ1n) is 5.53. The van der Waals surface area contributed by atoms with Crippen LogP contribution in [0.15, 0.2) is 6.20 Å². The van der Waals surface area contributed by atoms with Crippen LogP contribution in [-0.4, -0.2) is 46.1 Å². The predicted molar refractivity (Wildman–Crippen MR) is 58.4 cm³/mol. The molecule has 1 saturated heterocycles. The summed E-state index contributed by atoms with van der Waals surface area (Å²) < 4.78 is 1.76. The van der Waals surface area contributed by atoms with E-state index < -0.39 is 0 Å². The van der Waals surface area contributed by atoms with Gasteiger partial charge < -0.3 is 5.32 Å². The molecule has 1 fully saturated rings. The van der Waals surface area contributed by atoms with Crippen molar-refractivity contribution in [1.29, 1.82) is 0 Å². The van der Waals surface area contributed by atoms with E-state index in [1.165, 1.54) is 12.8 Å². The van der Waals surface area contributed by atoms with Gasteiger partial charge in [-0.25, -0.2) is 0 Å². The van der Waals surface area contributed by atoms with E-state index in [2.05, 4.69) is 20.5 Å². The summed E-state index contributed by atoms with van der Waals surface area (Å²) in [6.45, 7) is 3.24. The maximum Gasteiger partial charge on any atom is 0.0966 e. The normalized spacial score (nSPS) is 19.6. The molecule has 0 aliphatic carbocycles. The highest BCUT2D eigenvalue weighted by atomic mass is 15.4. The number of piperidine rings is 1. The van der Waals surface area contributed by atoms with Gasteiger partial charge in [0, 0.05) is 38.9 Å². The first kappa shape index (κ1) is 10.6. The standard InChI is InChI=1S/C10H19N5/c1-11-9-3-5-15(6-4-9)8-10-7-14(2)13-12-10/h7,9,11H,3-6,8H2,1-2H3. The number of hydrogen-bond donors (Lipinski definition) is 1. The van der Waals surface area contributed by atoms with E-state index in [0.717, 1.165) is 25.3 Å². The Kier molecular flexibility index (Phi) is 3.33. The van der Waals surface area contributed by atoms with Crippen LogP contribution in [0.2, 0.25) is 0 Å². The molecule has 1 N–H and O–H groups in total. The zero-order valence-corrected chi connectivity index (χ0v) is 9.48. The minimum Gasteiger partial charge on any atom is -0.317 e. The fraction of sp³-hybridized carbons (Fsp3) is 0.800. The lowest BCUT2D eigenvalue weighted by atomic mass is 10.1. The van der Waals surface area contributed by atoms with Gasteiger partial charge in [0.2, 0.25) is 0 Å². The van der Waals surface area contributed by atoms with Crippen LogP contribution in [0.5, 0.6) is 0 Å². The summed E-state index contributed by atoms with van der Waals surface area (Å²) in [4.78, 5) is 2.44. The van der Waals surface area contributed by atoms with Gasteiger partial charge in [-0.1, -0.05) is 5.21 Å². The van der Waals surface area contributed by atoms with Crippen molar-refractivity contribution >= 4 is 0 Å². The van der Waals surface area contributed by atoms with Crippen molar-refractivity contribution in [3.8, 4) is 0 Å². The predicted octanol–water partition coefficient (Wildman–Crippen LogP) is -0.00110. The lowest BCUT2D eigenvalue weighted by Gasteiger charge is -2.30. The fourth-order valence-corrected chi connectivity index (χ4v) is 2.08.